The maximum atomic E-state index is 4.95. The van der Waals surface area contributed by atoms with Crippen LogP contribution in [0, 0.1) is 0 Å². The fraction of sp³-hybridized carbons (Fsp3) is 0.400. The van der Waals surface area contributed by atoms with E-state index in [9.17, 15) is 0 Å². The van der Waals surface area contributed by atoms with Gasteiger partial charge in [0.15, 0.2) is 0 Å². The van der Waals surface area contributed by atoms with Gasteiger partial charge in [-0.05, 0) is 74.3 Å². The number of imidazole rings is 1. The largest absolute Gasteiger partial charge is 0.341 e. The Labute approximate surface area is 208 Å². The van der Waals surface area contributed by atoms with Crippen LogP contribution in [-0.4, -0.2) is 31.9 Å². The quantitative estimate of drug-likeness (QED) is 0.355. The Hall–Kier alpha value is -3.02. The number of hydrogen-bond acceptors (Lipinski definition) is 4. The molecule has 0 saturated heterocycles. The highest BCUT2D eigenvalue weighted by atomic mass is 15.2. The molecular weight excluding hydrogens is 430 g/mol. The Morgan fingerprint density at radius 1 is 0.886 bits per heavy atom. The van der Waals surface area contributed by atoms with E-state index in [1.807, 2.05) is 6.20 Å². The number of nitrogens with zero attached hydrogens (tertiary/aromatic N) is 3. The number of para-hydroxylation sites is 2. The van der Waals surface area contributed by atoms with E-state index >= 15 is 0 Å². The Kier molecular flexibility index (Phi) is 6.61. The van der Waals surface area contributed by atoms with Gasteiger partial charge in [-0.3, -0.25) is 9.88 Å². The number of aromatic nitrogens is 3. The summed E-state index contributed by atoms with van der Waals surface area (Å²) in [5, 5.41) is 3.81. The highest BCUT2D eigenvalue weighted by Gasteiger charge is 2.34. The summed E-state index contributed by atoms with van der Waals surface area (Å²) in [4.78, 5) is 16.2. The summed E-state index contributed by atoms with van der Waals surface area (Å²) in [5.41, 5.74) is 6.26. The van der Waals surface area contributed by atoms with Gasteiger partial charge in [0.25, 0.3) is 0 Å². The highest BCUT2D eigenvalue weighted by Crippen LogP contribution is 2.38. The topological polar surface area (TPSA) is 56.8 Å². The molecule has 2 aromatic carbocycles. The van der Waals surface area contributed by atoms with Crippen molar-refractivity contribution >= 4 is 11.0 Å². The molecule has 2 heterocycles. The summed E-state index contributed by atoms with van der Waals surface area (Å²) in [7, 11) is 0. The van der Waals surface area contributed by atoms with Crippen LogP contribution in [0.5, 0.6) is 0 Å². The molecule has 2 aliphatic rings. The smallest absolute Gasteiger partial charge is 0.121 e. The van der Waals surface area contributed by atoms with Crippen LogP contribution in [0.15, 0.2) is 72.9 Å². The molecule has 1 unspecified atom stereocenters. The third-order valence-corrected chi connectivity index (χ3v) is 7.94. The maximum absolute atomic E-state index is 4.95. The molecule has 1 atom stereocenters. The molecule has 0 spiro atoms. The highest BCUT2D eigenvalue weighted by molar-refractivity contribution is 5.74. The average molecular weight is 466 g/mol. The SMILES string of the molecule is c1ccc(CNC2CCC(N(Cc3nc4ccccc4[nH]3)C3CCCc4cccnc43)CC2)cc1. The molecule has 0 bridgehead atoms. The van der Waals surface area contributed by atoms with Gasteiger partial charge in [-0.25, -0.2) is 4.98 Å². The van der Waals surface area contributed by atoms with Crippen LogP contribution >= 0.6 is 0 Å². The summed E-state index contributed by atoms with van der Waals surface area (Å²) in [6.07, 6.45) is 10.4. The van der Waals surface area contributed by atoms with Crippen molar-refractivity contribution in [3.8, 4) is 0 Å². The number of fused-ring (bicyclic) bond motifs is 2. The van der Waals surface area contributed by atoms with Gasteiger partial charge in [-0.2, -0.15) is 0 Å². The van der Waals surface area contributed by atoms with Gasteiger partial charge >= 0.3 is 0 Å². The van der Waals surface area contributed by atoms with E-state index in [-0.39, 0.29) is 0 Å². The summed E-state index contributed by atoms with van der Waals surface area (Å²) in [5.74, 6) is 1.07. The number of H-pyrrole nitrogens is 1. The minimum atomic E-state index is 0.368. The molecule has 0 amide bonds. The van der Waals surface area contributed by atoms with E-state index in [4.69, 9.17) is 9.97 Å². The predicted octanol–water partition coefficient (Wildman–Crippen LogP) is 5.94. The number of pyridine rings is 1. The Balaban J connectivity index is 1.20. The molecule has 5 heteroatoms. The second-order valence-corrected chi connectivity index (χ2v) is 10.2. The first-order valence-corrected chi connectivity index (χ1v) is 13.2. The molecule has 0 aliphatic heterocycles. The molecule has 1 saturated carbocycles. The van der Waals surface area contributed by atoms with E-state index < -0.39 is 0 Å². The Bertz CT molecular complexity index is 1210. The van der Waals surface area contributed by atoms with Crippen molar-refractivity contribution in [2.75, 3.05) is 0 Å². The van der Waals surface area contributed by atoms with Crippen LogP contribution < -0.4 is 5.32 Å². The van der Waals surface area contributed by atoms with Gasteiger partial charge in [0.1, 0.15) is 5.82 Å². The van der Waals surface area contributed by atoms with Crippen molar-refractivity contribution in [1.82, 2.24) is 25.2 Å². The molecule has 2 aromatic heterocycles. The van der Waals surface area contributed by atoms with Crippen molar-refractivity contribution in [1.29, 1.82) is 0 Å². The normalized spacial score (nSPS) is 22.4. The summed E-state index contributed by atoms with van der Waals surface area (Å²) in [6.45, 7) is 1.81. The minimum Gasteiger partial charge on any atom is -0.341 e. The van der Waals surface area contributed by atoms with Gasteiger partial charge in [0.05, 0.1) is 29.3 Å². The standard InChI is InChI=1S/C30H35N5/c1-2-8-22(9-3-1)20-32-24-15-17-25(18-16-24)35(21-29-33-26-12-4-5-13-27(26)34-29)28-14-6-10-23-11-7-19-31-30(23)28/h1-5,7-9,11-13,19,24-25,28,32H,6,10,14-18,20-21H2,(H,33,34). The maximum Gasteiger partial charge on any atom is 0.121 e. The van der Waals surface area contributed by atoms with E-state index in [0.29, 0.717) is 18.1 Å². The first kappa shape index (κ1) is 22.4. The summed E-state index contributed by atoms with van der Waals surface area (Å²) in [6, 6.07) is 25.0. The molecule has 1 fully saturated rings. The predicted molar refractivity (Wildman–Crippen MR) is 141 cm³/mol. The van der Waals surface area contributed by atoms with Crippen LogP contribution in [0.1, 0.15) is 67.2 Å². The lowest BCUT2D eigenvalue weighted by Gasteiger charge is -2.42. The van der Waals surface area contributed by atoms with Gasteiger partial charge in [-0.15, -0.1) is 0 Å². The van der Waals surface area contributed by atoms with Crippen LogP contribution in [0.25, 0.3) is 11.0 Å². The van der Waals surface area contributed by atoms with Crippen LogP contribution in [0.3, 0.4) is 0 Å². The lowest BCUT2D eigenvalue weighted by atomic mass is 9.85. The molecule has 5 nitrogen and oxygen atoms in total. The van der Waals surface area contributed by atoms with Crippen LogP contribution in [0.2, 0.25) is 0 Å². The molecule has 4 aromatic rings. The molecule has 0 radical (unpaired) electrons. The fourth-order valence-corrected chi connectivity index (χ4v) is 6.12. The molecule has 2 aliphatic carbocycles. The van der Waals surface area contributed by atoms with Crippen molar-refractivity contribution in [2.24, 2.45) is 0 Å². The molecule has 6 rings (SSSR count). The van der Waals surface area contributed by atoms with Crippen LogP contribution in [-0.2, 0) is 19.5 Å². The number of aromatic amines is 1. The van der Waals surface area contributed by atoms with Crippen molar-refractivity contribution in [3.63, 3.8) is 0 Å². The van der Waals surface area contributed by atoms with Gasteiger partial charge in [0.2, 0.25) is 0 Å². The fourth-order valence-electron chi connectivity index (χ4n) is 6.12. The Morgan fingerprint density at radius 2 is 1.71 bits per heavy atom. The number of benzene rings is 2. The number of rotatable bonds is 7. The van der Waals surface area contributed by atoms with Gasteiger partial charge < -0.3 is 10.3 Å². The first-order chi connectivity index (χ1) is 17.3. The zero-order valence-corrected chi connectivity index (χ0v) is 20.4. The summed E-state index contributed by atoms with van der Waals surface area (Å²) < 4.78 is 0. The Morgan fingerprint density at radius 3 is 2.57 bits per heavy atom. The van der Waals surface area contributed by atoms with E-state index in [0.717, 1.165) is 36.4 Å². The van der Waals surface area contributed by atoms with E-state index in [2.05, 4.69) is 81.9 Å². The lowest BCUT2D eigenvalue weighted by molar-refractivity contribution is 0.0728. The third-order valence-electron chi connectivity index (χ3n) is 7.94. The second kappa shape index (κ2) is 10.3. The lowest BCUT2D eigenvalue weighted by Crippen LogP contribution is -2.44. The van der Waals surface area contributed by atoms with E-state index in [1.165, 1.54) is 55.3 Å². The molecule has 2 N–H and O–H groups in total. The number of hydrogen-bond donors (Lipinski definition) is 2. The van der Waals surface area contributed by atoms with E-state index in [1.54, 1.807) is 0 Å². The van der Waals surface area contributed by atoms with Crippen molar-refractivity contribution < 1.29 is 0 Å². The monoisotopic (exact) mass is 465 g/mol. The molecule has 35 heavy (non-hydrogen) atoms. The second-order valence-electron chi connectivity index (χ2n) is 10.2. The summed E-state index contributed by atoms with van der Waals surface area (Å²) >= 11 is 0. The van der Waals surface area contributed by atoms with Gasteiger partial charge in [0, 0.05) is 24.8 Å². The minimum absolute atomic E-state index is 0.368. The molecule has 180 valence electrons. The zero-order chi connectivity index (χ0) is 23.5. The average Bonchev–Trinajstić information content (AvgIpc) is 3.34. The van der Waals surface area contributed by atoms with Crippen molar-refractivity contribution in [3.05, 3.63) is 95.6 Å². The molecular formula is C30H35N5. The number of nitrogens with one attached hydrogen (secondary N) is 2. The first-order valence-electron chi connectivity index (χ1n) is 13.2. The van der Waals surface area contributed by atoms with Crippen LogP contribution in [0.4, 0.5) is 0 Å². The number of aryl methyl sites for hydroxylation is 1. The van der Waals surface area contributed by atoms with Gasteiger partial charge in [-0.1, -0.05) is 48.5 Å². The third kappa shape index (κ3) is 5.02. The van der Waals surface area contributed by atoms with Crippen molar-refractivity contribution in [2.45, 2.75) is 76.2 Å². The zero-order valence-electron chi connectivity index (χ0n) is 20.4.